The van der Waals surface area contributed by atoms with Crippen LogP contribution >= 0.6 is 0 Å². The van der Waals surface area contributed by atoms with Crippen LogP contribution in [0, 0.1) is 24.5 Å². The van der Waals surface area contributed by atoms with E-state index in [9.17, 15) is 14.3 Å². The minimum absolute atomic E-state index is 0.101. The second kappa shape index (κ2) is 12.2. The van der Waals surface area contributed by atoms with Crippen molar-refractivity contribution in [2.75, 3.05) is 13.2 Å². The first-order valence-corrected chi connectivity index (χ1v) is 17.3. The minimum atomic E-state index is -0.739. The number of fused-ring (bicyclic) bond motifs is 3. The van der Waals surface area contributed by atoms with Gasteiger partial charge < -0.3 is 14.7 Å². The molecule has 0 unspecified atom stereocenters. The second-order valence-corrected chi connectivity index (χ2v) is 14.1. The van der Waals surface area contributed by atoms with Gasteiger partial charge in [0.15, 0.2) is 0 Å². The van der Waals surface area contributed by atoms with Crippen LogP contribution in [0.5, 0.6) is 5.75 Å². The Labute approximate surface area is 289 Å². The Morgan fingerprint density at radius 2 is 1.84 bits per heavy atom. The molecule has 5 aromatic rings. The van der Waals surface area contributed by atoms with E-state index in [1.54, 1.807) is 4.90 Å². The third-order valence-corrected chi connectivity index (χ3v) is 10.9. The SMILES string of the molecule is C=CC(=O)N1C[C@H](C)n2nc(-c3nc(-c4ccc5c(C)n(C)nc5c4)c4c(c3-c3c(F)cc(F)cc3OCC3CC(O)C3)CCC4)cc2[C@H]1C. The molecule has 0 bridgehead atoms. The van der Waals surface area contributed by atoms with E-state index in [0.717, 1.165) is 63.6 Å². The molecule has 3 aromatic heterocycles. The molecular formula is C39H40F2N6O3. The van der Waals surface area contributed by atoms with Gasteiger partial charge in [-0.1, -0.05) is 18.7 Å². The van der Waals surface area contributed by atoms with Gasteiger partial charge in [0.1, 0.15) is 23.1 Å². The van der Waals surface area contributed by atoms with Gasteiger partial charge in [-0.2, -0.15) is 10.2 Å². The lowest BCUT2D eigenvalue weighted by molar-refractivity contribution is -0.129. The summed E-state index contributed by atoms with van der Waals surface area (Å²) in [5.41, 5.74) is 8.08. The largest absolute Gasteiger partial charge is 0.492 e. The highest BCUT2D eigenvalue weighted by Crippen LogP contribution is 2.48. The molecule has 2 atom stereocenters. The Morgan fingerprint density at radius 3 is 2.60 bits per heavy atom. The fourth-order valence-corrected chi connectivity index (χ4v) is 8.05. The van der Waals surface area contributed by atoms with Crippen LogP contribution in [0.4, 0.5) is 8.78 Å². The van der Waals surface area contributed by atoms with Crippen LogP contribution < -0.4 is 4.74 Å². The highest BCUT2D eigenvalue weighted by atomic mass is 19.1. The van der Waals surface area contributed by atoms with Crippen LogP contribution in [0.3, 0.4) is 0 Å². The van der Waals surface area contributed by atoms with Crippen LogP contribution in [0.1, 0.15) is 67.7 Å². The van der Waals surface area contributed by atoms with Crippen molar-refractivity contribution in [1.82, 2.24) is 29.4 Å². The Balaban J connectivity index is 1.36. The molecule has 3 aliphatic rings. The van der Waals surface area contributed by atoms with Crippen LogP contribution in [-0.4, -0.2) is 59.7 Å². The van der Waals surface area contributed by atoms with E-state index >= 15 is 4.39 Å². The monoisotopic (exact) mass is 678 g/mol. The molecule has 0 spiro atoms. The smallest absolute Gasteiger partial charge is 0.246 e. The van der Waals surface area contributed by atoms with E-state index in [4.69, 9.17) is 19.9 Å². The lowest BCUT2D eigenvalue weighted by Crippen LogP contribution is -2.42. The quantitative estimate of drug-likeness (QED) is 0.186. The predicted octanol–water partition coefficient (Wildman–Crippen LogP) is 7.04. The average molecular weight is 679 g/mol. The van der Waals surface area contributed by atoms with Gasteiger partial charge in [-0.05, 0) is 88.1 Å². The number of hydrogen-bond donors (Lipinski definition) is 1. The van der Waals surface area contributed by atoms with Gasteiger partial charge in [-0.15, -0.1) is 0 Å². The summed E-state index contributed by atoms with van der Waals surface area (Å²) in [6.07, 6.45) is 4.39. The van der Waals surface area contributed by atoms with Crippen molar-refractivity contribution in [2.24, 2.45) is 13.0 Å². The van der Waals surface area contributed by atoms with Gasteiger partial charge in [-0.3, -0.25) is 14.2 Å². The van der Waals surface area contributed by atoms with Crippen molar-refractivity contribution in [1.29, 1.82) is 0 Å². The second-order valence-electron chi connectivity index (χ2n) is 14.1. The van der Waals surface area contributed by atoms with Crippen LogP contribution in [0.25, 0.3) is 44.7 Å². The van der Waals surface area contributed by atoms with Crippen LogP contribution in [-0.2, 0) is 24.7 Å². The van der Waals surface area contributed by atoms with E-state index in [2.05, 4.69) is 18.7 Å². The van der Waals surface area contributed by atoms with Crippen molar-refractivity contribution in [3.05, 3.63) is 83.2 Å². The van der Waals surface area contributed by atoms with Crippen molar-refractivity contribution in [2.45, 2.75) is 71.1 Å². The number of aliphatic hydroxyl groups is 1. The lowest BCUT2D eigenvalue weighted by atomic mass is 9.83. The van der Waals surface area contributed by atoms with Gasteiger partial charge in [0, 0.05) is 47.9 Å². The highest BCUT2D eigenvalue weighted by Gasteiger charge is 2.36. The molecule has 1 N–H and O–H groups in total. The molecule has 1 saturated carbocycles. The average Bonchev–Trinajstić information content (AvgIpc) is 3.81. The lowest BCUT2D eigenvalue weighted by Gasteiger charge is -2.36. The third-order valence-electron chi connectivity index (χ3n) is 10.9. The fourth-order valence-electron chi connectivity index (χ4n) is 8.05. The Kier molecular flexibility index (Phi) is 7.85. The zero-order valence-electron chi connectivity index (χ0n) is 28.7. The molecule has 9 nitrogen and oxygen atoms in total. The topological polar surface area (TPSA) is 98.3 Å². The third kappa shape index (κ3) is 5.21. The van der Waals surface area contributed by atoms with Gasteiger partial charge >= 0.3 is 0 Å². The van der Waals surface area contributed by atoms with E-state index in [1.165, 1.54) is 12.1 Å². The predicted molar refractivity (Wildman–Crippen MR) is 187 cm³/mol. The normalized spacial score (nSPS) is 21.2. The number of halogens is 2. The number of aliphatic hydroxyl groups excluding tert-OH is 1. The summed E-state index contributed by atoms with van der Waals surface area (Å²) in [5, 5.41) is 20.7. The maximum Gasteiger partial charge on any atom is 0.246 e. The molecule has 1 aliphatic heterocycles. The number of carbonyl (C=O) groups is 1. The van der Waals surface area contributed by atoms with Crippen molar-refractivity contribution in [3.8, 4) is 39.5 Å². The Hall–Kier alpha value is -4.90. The maximum absolute atomic E-state index is 16.3. The van der Waals surface area contributed by atoms with Gasteiger partial charge in [0.25, 0.3) is 0 Å². The number of aromatic nitrogens is 5. The summed E-state index contributed by atoms with van der Waals surface area (Å²) < 4.78 is 41.2. The molecule has 1 fully saturated rings. The molecule has 0 saturated heterocycles. The number of ether oxygens (including phenoxy) is 1. The summed E-state index contributed by atoms with van der Waals surface area (Å²) in [6, 6.07) is 9.82. The minimum Gasteiger partial charge on any atom is -0.492 e. The fraction of sp³-hybridized carbons (Fsp3) is 0.385. The number of benzene rings is 2. The molecular weight excluding hydrogens is 638 g/mol. The first-order chi connectivity index (χ1) is 24.0. The summed E-state index contributed by atoms with van der Waals surface area (Å²) in [6.45, 7) is 10.4. The van der Waals surface area contributed by atoms with E-state index in [1.807, 2.05) is 49.3 Å². The zero-order chi connectivity index (χ0) is 35.0. The standard InChI is InChI=1S/C39H40F2N6O3/c1-6-35(49)46-18-20(2)47-33(22(46)4)17-32(44-47)39-36(37-30(41)15-25(40)16-34(37)50-19-23-12-26(48)13-23)28-8-7-9-29(28)38(42-39)24-10-11-27-21(3)45(5)43-31(27)14-24/h6,10-11,14-17,20,22-23,26,48H,1,7-9,12-13,18-19H2,2-5H3/t20-,22+,23?,26?/m0/s1. The number of hydrogen-bond acceptors (Lipinski definition) is 6. The van der Waals surface area contributed by atoms with Crippen LogP contribution in [0.2, 0.25) is 0 Å². The van der Waals surface area contributed by atoms with Gasteiger partial charge in [0.05, 0.1) is 53.0 Å². The molecule has 2 aliphatic carbocycles. The molecule has 4 heterocycles. The number of pyridine rings is 1. The summed E-state index contributed by atoms with van der Waals surface area (Å²) in [7, 11) is 1.92. The molecule has 2 aromatic carbocycles. The van der Waals surface area contributed by atoms with Gasteiger partial charge in [0.2, 0.25) is 5.91 Å². The molecule has 0 radical (unpaired) electrons. The highest BCUT2D eigenvalue weighted by molar-refractivity contribution is 5.92. The Bertz CT molecular complexity index is 2200. The van der Waals surface area contributed by atoms with E-state index < -0.39 is 11.6 Å². The van der Waals surface area contributed by atoms with Crippen LogP contribution in [0.15, 0.2) is 49.1 Å². The summed E-state index contributed by atoms with van der Waals surface area (Å²) in [5.74, 6) is -1.43. The molecule has 50 heavy (non-hydrogen) atoms. The maximum atomic E-state index is 16.3. The number of carbonyl (C=O) groups excluding carboxylic acids is 1. The first-order valence-electron chi connectivity index (χ1n) is 17.3. The number of nitrogens with zero attached hydrogens (tertiary/aromatic N) is 6. The zero-order valence-corrected chi connectivity index (χ0v) is 28.7. The van der Waals surface area contributed by atoms with Crippen molar-refractivity contribution < 1.29 is 23.4 Å². The molecule has 8 rings (SSSR count). The van der Waals surface area contributed by atoms with Crippen molar-refractivity contribution >= 4 is 16.8 Å². The van der Waals surface area contributed by atoms with Gasteiger partial charge in [-0.25, -0.2) is 13.8 Å². The number of aryl methyl sites for hydroxylation is 2. The Morgan fingerprint density at radius 1 is 1.06 bits per heavy atom. The summed E-state index contributed by atoms with van der Waals surface area (Å²) >= 11 is 0. The first kappa shape index (κ1) is 32.3. The molecule has 1 amide bonds. The summed E-state index contributed by atoms with van der Waals surface area (Å²) in [4.78, 5) is 19.9. The number of rotatable bonds is 7. The van der Waals surface area contributed by atoms with E-state index in [0.29, 0.717) is 42.8 Å². The molecule has 11 heteroatoms. The van der Waals surface area contributed by atoms with E-state index in [-0.39, 0.29) is 47.9 Å². The van der Waals surface area contributed by atoms with Crippen molar-refractivity contribution in [3.63, 3.8) is 0 Å². The number of amides is 1. The molecule has 258 valence electrons.